The summed E-state index contributed by atoms with van der Waals surface area (Å²) in [5.74, 6) is -3.76. The molecule has 0 saturated carbocycles. The number of alkyl halides is 2. The third-order valence-corrected chi connectivity index (χ3v) is 28.8. The lowest BCUT2D eigenvalue weighted by molar-refractivity contribution is 0.0114. The van der Waals surface area contributed by atoms with E-state index in [4.69, 9.17) is 4.74 Å². The largest absolute Gasteiger partial charge is 0.393 e. The molecule has 8 aliphatic rings. The fraction of sp³-hybridized carbons (Fsp3) is 0.357. The van der Waals surface area contributed by atoms with Crippen molar-refractivity contribution in [2.24, 2.45) is 0 Å². The number of carbonyl (C=O) groups is 4. The number of halogens is 2. The Morgan fingerprint density at radius 3 is 0.932 bits per heavy atom. The predicted molar refractivity (Wildman–Crippen MR) is 567 cm³/mol. The normalized spacial score (nSPS) is 17.1. The first-order valence-corrected chi connectivity index (χ1v) is 51.7. The highest BCUT2D eigenvalue weighted by Gasteiger charge is 2.38. The second-order valence-electron chi connectivity index (χ2n) is 39.8. The first-order chi connectivity index (χ1) is 72.5. The van der Waals surface area contributed by atoms with Crippen molar-refractivity contribution >= 4 is 95.7 Å². The number of benzene rings is 4. The zero-order chi connectivity index (χ0) is 101. The number of nitrogens with one attached hydrogen (secondary N) is 8. The van der Waals surface area contributed by atoms with Gasteiger partial charge in [0.1, 0.15) is 0 Å². The van der Waals surface area contributed by atoms with Crippen LogP contribution in [0.2, 0.25) is 0 Å². The molecule has 0 bridgehead atoms. The quantitative estimate of drug-likeness (QED) is 0.0231. The van der Waals surface area contributed by atoms with E-state index >= 15 is 0 Å². The number of aromatic nitrogens is 16. The van der Waals surface area contributed by atoms with Gasteiger partial charge >= 0.3 is 0 Å². The van der Waals surface area contributed by atoms with Crippen molar-refractivity contribution in [1.82, 2.24) is 115 Å². The monoisotopic (exact) mass is 1990 g/mol. The number of rotatable bonds is 27. The number of H-pyrrole nitrogens is 4. The molecular weight excluding hydrogens is 1870 g/mol. The van der Waals surface area contributed by atoms with Crippen LogP contribution in [0.25, 0.3) is 88.1 Å². The van der Waals surface area contributed by atoms with Gasteiger partial charge < -0.3 is 36.0 Å². The Morgan fingerprint density at radius 2 is 0.622 bits per heavy atom. The number of pyridine rings is 8. The van der Waals surface area contributed by atoms with Gasteiger partial charge in [0, 0.05) is 172 Å². The molecule has 8 saturated heterocycles. The average molecular weight is 1990 g/mol. The highest BCUT2D eigenvalue weighted by Crippen LogP contribution is 2.36. The molecule has 24 rings (SSSR count). The number of morpholine rings is 1. The van der Waals surface area contributed by atoms with E-state index in [1.165, 1.54) is 69.8 Å². The van der Waals surface area contributed by atoms with Crippen LogP contribution in [0.15, 0.2) is 220 Å². The molecule has 8 aliphatic heterocycles. The summed E-state index contributed by atoms with van der Waals surface area (Å²) in [5, 5.41) is 53.5. The third-order valence-electron chi connectivity index (χ3n) is 28.8. The Bertz CT molecular complexity index is 7290. The number of piperidine rings is 2. The van der Waals surface area contributed by atoms with Gasteiger partial charge in [0.15, 0.2) is 22.8 Å². The molecule has 4 amide bonds. The molecule has 760 valence electrons. The number of aliphatic hydroxyl groups excluding tert-OH is 1. The van der Waals surface area contributed by atoms with Gasteiger partial charge in [-0.25, -0.2) is 8.78 Å². The number of ether oxygens (including phenoxy) is 1. The van der Waals surface area contributed by atoms with Crippen molar-refractivity contribution < 1.29 is 37.8 Å². The summed E-state index contributed by atoms with van der Waals surface area (Å²) in [7, 11) is 0. The molecule has 0 unspecified atom stereocenters. The van der Waals surface area contributed by atoms with E-state index in [9.17, 15) is 33.1 Å². The Balaban J connectivity index is 0.000000116. The van der Waals surface area contributed by atoms with Gasteiger partial charge in [-0.3, -0.25) is 114 Å². The summed E-state index contributed by atoms with van der Waals surface area (Å²) in [4.78, 5) is 107. The van der Waals surface area contributed by atoms with E-state index in [0.29, 0.717) is 58.3 Å². The number of aliphatic hydroxyl groups is 1. The van der Waals surface area contributed by atoms with E-state index in [0.717, 1.165) is 279 Å². The maximum Gasteiger partial charge on any atom is 0.276 e. The number of hydrogen-bond donors (Lipinski definition) is 9. The molecule has 16 aromatic rings. The minimum atomic E-state index is -2.63. The van der Waals surface area contributed by atoms with E-state index < -0.39 is 5.92 Å². The molecule has 0 aliphatic carbocycles. The third kappa shape index (κ3) is 25.2. The van der Waals surface area contributed by atoms with Crippen LogP contribution < -0.4 is 26.2 Å². The van der Waals surface area contributed by atoms with Crippen molar-refractivity contribution in [3.05, 3.63) is 282 Å². The van der Waals surface area contributed by atoms with Crippen LogP contribution in [0.1, 0.15) is 165 Å². The summed E-state index contributed by atoms with van der Waals surface area (Å²) in [5.41, 5.74) is 23.1. The van der Waals surface area contributed by atoms with Gasteiger partial charge in [-0.05, 0) is 296 Å². The Hall–Kier alpha value is -14.9. The lowest BCUT2D eigenvalue weighted by Crippen LogP contribution is -2.36. The number of amides is 4. The second-order valence-corrected chi connectivity index (χ2v) is 39.8. The van der Waals surface area contributed by atoms with E-state index in [1.807, 2.05) is 165 Å². The van der Waals surface area contributed by atoms with Gasteiger partial charge in [0.05, 0.1) is 130 Å². The van der Waals surface area contributed by atoms with Crippen LogP contribution in [0.5, 0.6) is 0 Å². The van der Waals surface area contributed by atoms with Gasteiger partial charge in [-0.2, -0.15) is 20.4 Å². The Labute approximate surface area is 855 Å². The standard InChI is InChI=1S/C29H31F2N7O.C29H33N7O2.C27H29N7O2.C27H29N7O/c30-29(31)8-11-38(19-29)17-20-12-22(15-32-14-20)21-4-7-26-25(13-21)27(36-35-26)28(39)34-23-5-6-24(33-16-23)18-37-9-2-1-3-10-37;37-25-7-11-36(12-8-25)18-20-13-22(16-30-15-20)21-3-6-27-26(14-21)28(34-33-27)29(38)32-23-4-5-24(31-17-23)19-35-9-1-2-10-35;35-27(30-21-4-5-22(29-16-21)18-33-7-1-2-8-33)26-24-14-19(3-6-25(24)31-32-26)20-13-23(17-28-15-20)34-9-11-36-12-10-34;35-27(30-22-5-6-23(29-16-22)18-34-8-1-2-9-34)26-24-13-20(4-7-25(24)31-32-26)21-12-19(14-28-15-21)17-33-10-3-11-33/h4-7,12-16H,1-3,8-11,17-19H2,(H,34,39)(H,35,36);3-6,13-17,25,37H,1-2,7-12,18-19H2,(H,32,38)(H,33,34);3-6,13-17H,1-2,7-12,18H2,(H,30,35)(H,31,32);4-7,12-16H,1-3,8-11,17-18H2,(H,30,35)(H,31,32). The SMILES string of the molecule is O=C(Nc1ccc(CN2CCCC2)nc1)c1n[nH]c2ccc(-c3cncc(CN4CCC(O)CC4)c3)cc12.O=C(Nc1ccc(CN2CCCC2)nc1)c1n[nH]c2ccc(-c3cncc(CN4CCC4)c3)cc12.O=C(Nc1ccc(CN2CCCC2)nc1)c1n[nH]c2ccc(-c3cncc(N4CCOCC4)c3)cc12.O=C(Nc1ccc(CN2CCCCC2)nc1)c1n[nH]c2ccc(-c3cncc(CN4CCC(F)(F)C4)c3)cc12. The molecule has 4 aromatic carbocycles. The van der Waals surface area contributed by atoms with Crippen molar-refractivity contribution in [1.29, 1.82) is 0 Å². The number of nitrogens with zero attached hydrogens (tertiary/aromatic N) is 20. The topological polar surface area (TPSA) is 390 Å². The lowest BCUT2D eigenvalue weighted by Gasteiger charge is -2.30. The smallest absolute Gasteiger partial charge is 0.276 e. The number of anilines is 5. The van der Waals surface area contributed by atoms with Crippen molar-refractivity contribution in [2.45, 2.75) is 141 Å². The molecule has 148 heavy (non-hydrogen) atoms. The van der Waals surface area contributed by atoms with E-state index in [-0.39, 0.29) is 48.4 Å². The van der Waals surface area contributed by atoms with Gasteiger partial charge in [0.2, 0.25) is 0 Å². The van der Waals surface area contributed by atoms with E-state index in [2.05, 4.69) is 154 Å². The van der Waals surface area contributed by atoms with E-state index in [1.54, 1.807) is 42.1 Å². The number of carbonyl (C=O) groups excluding carboxylic acids is 4. The zero-order valence-corrected chi connectivity index (χ0v) is 82.9. The summed E-state index contributed by atoms with van der Waals surface area (Å²) in [6, 6.07) is 47.5. The molecular formula is C112H122F2N28O6. The Kier molecular flexibility index (Phi) is 31.1. The fourth-order valence-corrected chi connectivity index (χ4v) is 20.6. The minimum absolute atomic E-state index is 0.110. The molecule has 0 atom stereocenters. The summed E-state index contributed by atoms with van der Waals surface area (Å²) >= 11 is 0. The number of likely N-dealkylation sites (tertiary alicyclic amines) is 7. The first-order valence-electron chi connectivity index (χ1n) is 51.7. The number of aromatic amines is 4. The molecule has 0 spiro atoms. The highest BCUT2D eigenvalue weighted by atomic mass is 19.3. The summed E-state index contributed by atoms with van der Waals surface area (Å²) in [6.45, 7) is 21.9. The van der Waals surface area contributed by atoms with Gasteiger partial charge in [-0.15, -0.1) is 0 Å². The molecule has 0 radical (unpaired) electrons. The van der Waals surface area contributed by atoms with Crippen LogP contribution >= 0.6 is 0 Å². The number of hydrogen-bond acceptors (Lipinski definition) is 26. The van der Waals surface area contributed by atoms with Crippen LogP contribution in [-0.2, 0) is 50.6 Å². The molecule has 36 heteroatoms. The fourth-order valence-electron chi connectivity index (χ4n) is 20.6. The molecule has 8 fully saturated rings. The second kappa shape index (κ2) is 46.5. The van der Waals surface area contributed by atoms with Gasteiger partial charge in [-0.1, -0.05) is 30.7 Å². The molecule has 34 nitrogen and oxygen atoms in total. The van der Waals surface area contributed by atoms with Crippen molar-refractivity contribution in [3.8, 4) is 44.5 Å². The predicted octanol–water partition coefficient (Wildman–Crippen LogP) is 16.7. The maximum absolute atomic E-state index is 13.6. The van der Waals surface area contributed by atoms with Crippen molar-refractivity contribution in [3.63, 3.8) is 0 Å². The summed E-state index contributed by atoms with van der Waals surface area (Å²) < 4.78 is 32.7. The van der Waals surface area contributed by atoms with Crippen LogP contribution in [0.4, 0.5) is 37.2 Å². The van der Waals surface area contributed by atoms with Crippen LogP contribution in [-0.4, -0.2) is 274 Å². The maximum atomic E-state index is 13.6. The van der Waals surface area contributed by atoms with Crippen LogP contribution in [0, 0.1) is 0 Å². The van der Waals surface area contributed by atoms with Crippen LogP contribution in [0.3, 0.4) is 0 Å². The van der Waals surface area contributed by atoms with Gasteiger partial charge in [0.25, 0.3) is 29.6 Å². The molecule has 12 aromatic heterocycles. The summed E-state index contributed by atoms with van der Waals surface area (Å²) in [6.07, 6.45) is 35.4. The lowest BCUT2D eigenvalue weighted by atomic mass is 10.0. The highest BCUT2D eigenvalue weighted by molar-refractivity contribution is 6.14. The number of fused-ring (bicyclic) bond motifs is 4. The zero-order valence-electron chi connectivity index (χ0n) is 82.9. The molecule has 20 heterocycles. The first kappa shape index (κ1) is 99.1. The average Bonchev–Trinajstić information content (AvgIpc) is 1.65. The minimum Gasteiger partial charge on any atom is -0.393 e. The Morgan fingerprint density at radius 1 is 0.318 bits per heavy atom. The molecule has 9 N–H and O–H groups in total. The van der Waals surface area contributed by atoms with Crippen molar-refractivity contribution in [2.75, 3.05) is 144 Å².